The highest BCUT2D eigenvalue weighted by Crippen LogP contribution is 2.32. The molecule has 0 aliphatic heterocycles. The van der Waals surface area contributed by atoms with Crippen molar-refractivity contribution in [2.24, 2.45) is 10.9 Å². The van der Waals surface area contributed by atoms with E-state index in [9.17, 15) is 0 Å². The van der Waals surface area contributed by atoms with Gasteiger partial charge in [-0.2, -0.15) is 0 Å². The highest BCUT2D eigenvalue weighted by Gasteiger charge is 2.08. The van der Waals surface area contributed by atoms with Crippen molar-refractivity contribution < 1.29 is 0 Å². The summed E-state index contributed by atoms with van der Waals surface area (Å²) in [5.41, 5.74) is 0. The summed E-state index contributed by atoms with van der Waals surface area (Å²) in [6.45, 7) is 10.7. The van der Waals surface area contributed by atoms with E-state index in [-0.39, 0.29) is 0 Å². The fraction of sp³-hybridized carbons (Fsp3) is 0.583. The zero-order chi connectivity index (χ0) is 11.7. The lowest BCUT2D eigenvalue weighted by molar-refractivity contribution is 0.645. The van der Waals surface area contributed by atoms with Crippen molar-refractivity contribution in [2.45, 2.75) is 39.9 Å². The van der Waals surface area contributed by atoms with Gasteiger partial charge in [0.05, 0.1) is 0 Å². The molecule has 1 nitrogen and oxygen atoms in total. The number of hydrogen-bond donors (Lipinski definition) is 0. The van der Waals surface area contributed by atoms with Crippen LogP contribution in [0.1, 0.15) is 34.6 Å². The van der Waals surface area contributed by atoms with Crippen LogP contribution >= 0.6 is 21.6 Å². The zero-order valence-corrected chi connectivity index (χ0v) is 11.9. The van der Waals surface area contributed by atoms with Crippen LogP contribution in [0.25, 0.3) is 0 Å². The van der Waals surface area contributed by atoms with Crippen molar-refractivity contribution in [1.29, 1.82) is 0 Å². The summed E-state index contributed by atoms with van der Waals surface area (Å²) < 4.78 is 0. The molecule has 0 aliphatic rings. The molecule has 3 heteroatoms. The van der Waals surface area contributed by atoms with Crippen LogP contribution in [0.5, 0.6) is 0 Å². The van der Waals surface area contributed by atoms with Crippen molar-refractivity contribution in [3.05, 3.63) is 24.4 Å². The van der Waals surface area contributed by atoms with E-state index >= 15 is 0 Å². The summed E-state index contributed by atoms with van der Waals surface area (Å²) in [5, 5.41) is 1.71. The van der Waals surface area contributed by atoms with Gasteiger partial charge >= 0.3 is 0 Å². The second-order valence-electron chi connectivity index (χ2n) is 3.58. The van der Waals surface area contributed by atoms with Crippen LogP contribution in [0.3, 0.4) is 0 Å². The molecule has 0 saturated carbocycles. The summed E-state index contributed by atoms with van der Waals surface area (Å²) in [6, 6.07) is 0. The Morgan fingerprint density at radius 2 is 1.80 bits per heavy atom. The Balaban J connectivity index is 4.19. The molecule has 0 heterocycles. The Morgan fingerprint density at radius 1 is 1.13 bits per heavy atom. The third-order valence-electron chi connectivity index (χ3n) is 1.88. The molecule has 0 rings (SSSR count). The van der Waals surface area contributed by atoms with Gasteiger partial charge < -0.3 is 0 Å². The van der Waals surface area contributed by atoms with Crippen LogP contribution in [0.15, 0.2) is 29.4 Å². The quantitative estimate of drug-likeness (QED) is 0.386. The monoisotopic (exact) mass is 243 g/mol. The first-order valence-corrected chi connectivity index (χ1v) is 7.48. The van der Waals surface area contributed by atoms with Crippen molar-refractivity contribution in [3.63, 3.8) is 0 Å². The fourth-order valence-electron chi connectivity index (χ4n) is 0.619. The molecule has 0 aliphatic carbocycles. The highest BCUT2D eigenvalue weighted by molar-refractivity contribution is 8.82. The van der Waals surface area contributed by atoms with Gasteiger partial charge in [0, 0.05) is 11.4 Å². The van der Waals surface area contributed by atoms with E-state index in [2.05, 4.69) is 25.8 Å². The molecule has 1 unspecified atom stereocenters. The van der Waals surface area contributed by atoms with Gasteiger partial charge in [0.25, 0.3) is 0 Å². The molecule has 0 fully saturated rings. The molecule has 0 aromatic heterocycles. The van der Waals surface area contributed by atoms with Gasteiger partial charge in [0.15, 0.2) is 0 Å². The second kappa shape index (κ2) is 9.10. The van der Waals surface area contributed by atoms with Crippen molar-refractivity contribution in [3.8, 4) is 0 Å². The molecule has 0 bridgehead atoms. The van der Waals surface area contributed by atoms with Crippen LogP contribution in [-0.4, -0.2) is 10.3 Å². The van der Waals surface area contributed by atoms with E-state index in [0.717, 1.165) is 5.04 Å². The van der Waals surface area contributed by atoms with E-state index in [1.807, 2.05) is 49.1 Å². The van der Waals surface area contributed by atoms with Crippen molar-refractivity contribution in [2.75, 3.05) is 0 Å². The van der Waals surface area contributed by atoms with Crippen LogP contribution in [0, 0.1) is 5.92 Å². The summed E-state index contributed by atoms with van der Waals surface area (Å²) in [5.74, 6) is 0.705. The standard InChI is InChI=1S/C12H21NS2/c1-6-8-12(13-9-7-2)15-14-11(5)10(3)4/h6-11H,1-5H3/b8-6-,9-7-,13-12+. The van der Waals surface area contributed by atoms with Gasteiger partial charge in [-0.15, -0.1) is 0 Å². The minimum Gasteiger partial charge on any atom is -0.249 e. The van der Waals surface area contributed by atoms with Crippen molar-refractivity contribution in [1.82, 2.24) is 0 Å². The third kappa shape index (κ3) is 7.74. The lowest BCUT2D eigenvalue weighted by Crippen LogP contribution is -2.04. The Labute approximate surface area is 102 Å². The lowest BCUT2D eigenvalue weighted by atomic mass is 10.2. The molecule has 0 saturated heterocycles. The Bertz CT molecular complexity index is 242. The number of rotatable bonds is 5. The first-order chi connectivity index (χ1) is 7.11. The minimum atomic E-state index is 0.649. The van der Waals surface area contributed by atoms with E-state index in [1.54, 1.807) is 10.8 Å². The molecule has 0 radical (unpaired) electrons. The molecule has 15 heavy (non-hydrogen) atoms. The van der Waals surface area contributed by atoms with Gasteiger partial charge in [0.2, 0.25) is 0 Å². The van der Waals surface area contributed by atoms with Crippen molar-refractivity contribution >= 4 is 26.6 Å². The number of allylic oxidation sites excluding steroid dienone is 2. The average molecular weight is 243 g/mol. The third-order valence-corrected chi connectivity index (χ3v) is 4.95. The maximum Gasteiger partial charge on any atom is 0.106 e. The first kappa shape index (κ1) is 14.8. The van der Waals surface area contributed by atoms with Gasteiger partial charge in [-0.05, 0) is 36.6 Å². The second-order valence-corrected chi connectivity index (χ2v) is 6.18. The van der Waals surface area contributed by atoms with E-state index in [0.29, 0.717) is 11.2 Å². The van der Waals surface area contributed by atoms with Crippen LogP contribution < -0.4 is 0 Å². The van der Waals surface area contributed by atoms with Crippen LogP contribution in [-0.2, 0) is 0 Å². The number of aliphatic imine (C=N–C) groups is 1. The average Bonchev–Trinajstić information content (AvgIpc) is 2.21. The predicted octanol–water partition coefficient (Wildman–Crippen LogP) is 4.92. The van der Waals surface area contributed by atoms with Gasteiger partial charge in [-0.1, -0.05) is 43.7 Å². The first-order valence-electron chi connectivity index (χ1n) is 5.26. The molecule has 0 amide bonds. The maximum atomic E-state index is 4.35. The van der Waals surface area contributed by atoms with E-state index in [1.165, 1.54) is 0 Å². The molecule has 1 atom stereocenters. The normalized spacial score (nSPS) is 15.7. The van der Waals surface area contributed by atoms with Crippen LogP contribution in [0.2, 0.25) is 0 Å². The molecular formula is C12H21NS2. The SMILES string of the molecule is C\C=C/N=C(\C=C/C)SSC(C)C(C)C. The summed E-state index contributed by atoms with van der Waals surface area (Å²) >= 11 is 0. The predicted molar refractivity (Wildman–Crippen MR) is 76.5 cm³/mol. The highest BCUT2D eigenvalue weighted by atomic mass is 33.1. The molecule has 86 valence electrons. The Hall–Kier alpha value is -0.150. The van der Waals surface area contributed by atoms with Gasteiger partial charge in [-0.3, -0.25) is 0 Å². The Morgan fingerprint density at radius 3 is 2.27 bits per heavy atom. The van der Waals surface area contributed by atoms with E-state index < -0.39 is 0 Å². The van der Waals surface area contributed by atoms with Gasteiger partial charge in [-0.25, -0.2) is 4.99 Å². The number of nitrogens with zero attached hydrogens (tertiary/aromatic N) is 1. The smallest absolute Gasteiger partial charge is 0.106 e. The minimum absolute atomic E-state index is 0.649. The fourth-order valence-corrected chi connectivity index (χ4v) is 3.10. The largest absolute Gasteiger partial charge is 0.249 e. The molecule has 0 aromatic rings. The summed E-state index contributed by atoms with van der Waals surface area (Å²) in [6.07, 6.45) is 7.85. The Kier molecular flexibility index (Phi) is 9.01. The van der Waals surface area contributed by atoms with Gasteiger partial charge in [0.1, 0.15) is 5.04 Å². The molecule has 0 aromatic carbocycles. The topological polar surface area (TPSA) is 12.4 Å². The maximum absolute atomic E-state index is 4.35. The van der Waals surface area contributed by atoms with E-state index in [4.69, 9.17) is 0 Å². The lowest BCUT2D eigenvalue weighted by Gasteiger charge is -2.13. The van der Waals surface area contributed by atoms with Crippen LogP contribution in [0.4, 0.5) is 0 Å². The zero-order valence-electron chi connectivity index (χ0n) is 10.2. The molecule has 0 spiro atoms. The molecular weight excluding hydrogens is 222 g/mol. The summed E-state index contributed by atoms with van der Waals surface area (Å²) in [4.78, 5) is 4.35. The summed E-state index contributed by atoms with van der Waals surface area (Å²) in [7, 11) is 3.63. The molecule has 0 N–H and O–H groups in total. The number of hydrogen-bond acceptors (Lipinski definition) is 3.